The van der Waals surface area contributed by atoms with E-state index in [-0.39, 0.29) is 6.61 Å². The molecule has 0 bridgehead atoms. The van der Waals surface area contributed by atoms with E-state index in [0.717, 1.165) is 23.4 Å². The highest BCUT2D eigenvalue weighted by Gasteiger charge is 1.97. The lowest BCUT2D eigenvalue weighted by atomic mass is 10.2. The summed E-state index contributed by atoms with van der Waals surface area (Å²) in [5.41, 5.74) is 3.28. The summed E-state index contributed by atoms with van der Waals surface area (Å²) in [6, 6.07) is 11.7. The van der Waals surface area contributed by atoms with Crippen LogP contribution in [-0.2, 0) is 6.54 Å². The first kappa shape index (κ1) is 12.9. The number of benzene rings is 1. The minimum Gasteiger partial charge on any atom is -0.479 e. The van der Waals surface area contributed by atoms with Crippen LogP contribution in [0, 0.1) is 18.3 Å². The lowest BCUT2D eigenvalue weighted by molar-refractivity contribution is 0.368. The Morgan fingerprint density at radius 3 is 2.74 bits per heavy atom. The van der Waals surface area contributed by atoms with Gasteiger partial charge in [-0.1, -0.05) is 12.1 Å². The quantitative estimate of drug-likeness (QED) is 0.890. The van der Waals surface area contributed by atoms with Gasteiger partial charge in [0.2, 0.25) is 0 Å². The number of hydrogen-bond acceptors (Lipinski definition) is 4. The highest BCUT2D eigenvalue weighted by Crippen LogP contribution is 2.14. The van der Waals surface area contributed by atoms with E-state index in [0.29, 0.717) is 5.75 Å². The molecule has 0 saturated heterocycles. The number of rotatable bonds is 5. The van der Waals surface area contributed by atoms with Gasteiger partial charge in [-0.05, 0) is 36.2 Å². The average molecular weight is 253 g/mol. The zero-order valence-electron chi connectivity index (χ0n) is 10.8. The van der Waals surface area contributed by atoms with Crippen molar-refractivity contribution in [1.29, 1.82) is 5.26 Å². The van der Waals surface area contributed by atoms with E-state index >= 15 is 0 Å². The van der Waals surface area contributed by atoms with E-state index in [1.165, 1.54) is 0 Å². The molecule has 0 radical (unpaired) electrons. The molecule has 0 fully saturated rings. The number of aryl methyl sites for hydroxylation is 1. The predicted octanol–water partition coefficient (Wildman–Crippen LogP) is 2.90. The Balaban J connectivity index is 1.91. The maximum absolute atomic E-state index is 8.42. The summed E-state index contributed by atoms with van der Waals surface area (Å²) in [5, 5.41) is 11.7. The maximum atomic E-state index is 8.42. The van der Waals surface area contributed by atoms with Crippen LogP contribution in [0.3, 0.4) is 0 Å². The maximum Gasteiger partial charge on any atom is 0.174 e. The van der Waals surface area contributed by atoms with Gasteiger partial charge in [0.1, 0.15) is 11.8 Å². The molecule has 0 spiro atoms. The minimum absolute atomic E-state index is 0.0760. The number of ether oxygens (including phenoxy) is 1. The summed E-state index contributed by atoms with van der Waals surface area (Å²) >= 11 is 0. The summed E-state index contributed by atoms with van der Waals surface area (Å²) in [4.78, 5) is 4.13. The topological polar surface area (TPSA) is 57.9 Å². The van der Waals surface area contributed by atoms with Gasteiger partial charge in [0.05, 0.1) is 5.69 Å². The van der Waals surface area contributed by atoms with Crippen LogP contribution < -0.4 is 10.1 Å². The van der Waals surface area contributed by atoms with Crippen LogP contribution in [-0.4, -0.2) is 11.6 Å². The Hall–Kier alpha value is -2.54. The molecular weight excluding hydrogens is 238 g/mol. The zero-order valence-corrected chi connectivity index (χ0v) is 10.8. The Morgan fingerprint density at radius 1 is 1.26 bits per heavy atom. The molecule has 0 saturated carbocycles. The summed E-state index contributed by atoms with van der Waals surface area (Å²) in [7, 11) is 0. The summed E-state index contributed by atoms with van der Waals surface area (Å²) in [6.45, 7) is 2.82. The van der Waals surface area contributed by atoms with Crippen LogP contribution in [0.25, 0.3) is 0 Å². The smallest absolute Gasteiger partial charge is 0.174 e. The van der Waals surface area contributed by atoms with Crippen molar-refractivity contribution in [2.24, 2.45) is 0 Å². The first-order valence-corrected chi connectivity index (χ1v) is 6.02. The molecule has 4 nitrogen and oxygen atoms in total. The minimum atomic E-state index is 0.0760. The highest BCUT2D eigenvalue weighted by molar-refractivity contribution is 5.43. The molecule has 0 aliphatic rings. The van der Waals surface area contributed by atoms with Gasteiger partial charge in [0, 0.05) is 18.9 Å². The number of anilines is 1. The molecule has 0 amide bonds. The third-order valence-electron chi connectivity index (χ3n) is 2.60. The number of aromatic nitrogens is 1. The molecule has 1 aromatic carbocycles. The first-order valence-electron chi connectivity index (χ1n) is 6.02. The molecule has 1 heterocycles. The van der Waals surface area contributed by atoms with Crippen molar-refractivity contribution in [3.05, 3.63) is 53.9 Å². The third kappa shape index (κ3) is 4.00. The van der Waals surface area contributed by atoms with Gasteiger partial charge in [-0.3, -0.25) is 4.98 Å². The largest absolute Gasteiger partial charge is 0.479 e. The molecule has 96 valence electrons. The van der Waals surface area contributed by atoms with Gasteiger partial charge in [0.25, 0.3) is 0 Å². The summed E-state index contributed by atoms with van der Waals surface area (Å²) in [5.74, 6) is 0.711. The SMILES string of the molecule is Cc1cncc(NCc2ccc(OCC#N)cc2)c1. The van der Waals surface area contributed by atoms with Crippen molar-refractivity contribution in [3.63, 3.8) is 0 Å². The molecular formula is C15H15N3O. The number of hydrogen-bond donors (Lipinski definition) is 1. The second kappa shape index (κ2) is 6.41. The van der Waals surface area contributed by atoms with Crippen molar-refractivity contribution >= 4 is 5.69 Å². The lowest BCUT2D eigenvalue weighted by Crippen LogP contribution is -2.00. The summed E-state index contributed by atoms with van der Waals surface area (Å²) in [6.07, 6.45) is 3.63. The Kier molecular flexibility index (Phi) is 4.35. The second-order valence-corrected chi connectivity index (χ2v) is 4.20. The van der Waals surface area contributed by atoms with Crippen LogP contribution in [0.1, 0.15) is 11.1 Å². The zero-order chi connectivity index (χ0) is 13.5. The molecule has 1 N–H and O–H groups in total. The van der Waals surface area contributed by atoms with Gasteiger partial charge in [-0.2, -0.15) is 5.26 Å². The molecule has 1 aromatic heterocycles. The Morgan fingerprint density at radius 2 is 2.05 bits per heavy atom. The molecule has 0 aliphatic carbocycles. The highest BCUT2D eigenvalue weighted by atomic mass is 16.5. The number of nitrogens with one attached hydrogen (secondary N) is 1. The molecule has 0 atom stereocenters. The molecule has 2 rings (SSSR count). The van der Waals surface area contributed by atoms with Crippen molar-refractivity contribution in [1.82, 2.24) is 4.98 Å². The monoisotopic (exact) mass is 253 g/mol. The predicted molar refractivity (Wildman–Crippen MR) is 73.9 cm³/mol. The van der Waals surface area contributed by atoms with E-state index < -0.39 is 0 Å². The number of pyridine rings is 1. The molecule has 2 aromatic rings. The number of nitrogens with zero attached hydrogens (tertiary/aromatic N) is 2. The fraction of sp³-hybridized carbons (Fsp3) is 0.200. The van der Waals surface area contributed by atoms with E-state index in [1.807, 2.05) is 43.5 Å². The van der Waals surface area contributed by atoms with Crippen LogP contribution in [0.2, 0.25) is 0 Å². The fourth-order valence-electron chi connectivity index (χ4n) is 1.67. The van der Waals surface area contributed by atoms with Crippen LogP contribution >= 0.6 is 0 Å². The van der Waals surface area contributed by atoms with E-state index in [1.54, 1.807) is 6.20 Å². The van der Waals surface area contributed by atoms with Crippen molar-refractivity contribution in [2.75, 3.05) is 11.9 Å². The standard InChI is InChI=1S/C15H15N3O/c1-12-8-14(11-17-9-12)18-10-13-2-4-15(5-3-13)19-7-6-16/h2-5,8-9,11,18H,7,10H2,1H3. The van der Waals surface area contributed by atoms with Gasteiger partial charge in [0.15, 0.2) is 6.61 Å². The van der Waals surface area contributed by atoms with Crippen molar-refractivity contribution in [3.8, 4) is 11.8 Å². The summed E-state index contributed by atoms with van der Waals surface area (Å²) < 4.78 is 5.20. The van der Waals surface area contributed by atoms with Gasteiger partial charge < -0.3 is 10.1 Å². The average Bonchev–Trinajstić information content (AvgIpc) is 2.44. The molecule has 0 aliphatic heterocycles. The fourth-order valence-corrected chi connectivity index (χ4v) is 1.67. The van der Waals surface area contributed by atoms with E-state index in [9.17, 15) is 0 Å². The normalized spacial score (nSPS) is 9.68. The van der Waals surface area contributed by atoms with E-state index in [4.69, 9.17) is 10.00 Å². The lowest BCUT2D eigenvalue weighted by Gasteiger charge is -2.07. The van der Waals surface area contributed by atoms with Crippen molar-refractivity contribution in [2.45, 2.75) is 13.5 Å². The second-order valence-electron chi connectivity index (χ2n) is 4.20. The van der Waals surface area contributed by atoms with Crippen LogP contribution in [0.15, 0.2) is 42.7 Å². The number of nitriles is 1. The van der Waals surface area contributed by atoms with Crippen molar-refractivity contribution < 1.29 is 4.74 Å². The van der Waals surface area contributed by atoms with Gasteiger partial charge in [-0.25, -0.2) is 0 Å². The van der Waals surface area contributed by atoms with Crippen LogP contribution in [0.4, 0.5) is 5.69 Å². The van der Waals surface area contributed by atoms with Gasteiger partial charge in [-0.15, -0.1) is 0 Å². The van der Waals surface area contributed by atoms with Crippen LogP contribution in [0.5, 0.6) is 5.75 Å². The van der Waals surface area contributed by atoms with E-state index in [2.05, 4.69) is 16.4 Å². The molecule has 0 unspecified atom stereocenters. The molecule has 19 heavy (non-hydrogen) atoms. The Labute approximate surface area is 112 Å². The third-order valence-corrected chi connectivity index (χ3v) is 2.60. The Bertz CT molecular complexity index is 573. The first-order chi connectivity index (χ1) is 9.28. The molecule has 4 heteroatoms. The van der Waals surface area contributed by atoms with Gasteiger partial charge >= 0.3 is 0 Å².